The average Bonchev–Trinajstić information content (AvgIpc) is 3.14. The first-order valence-corrected chi connectivity index (χ1v) is 12.4. The molecule has 0 N–H and O–H groups in total. The summed E-state index contributed by atoms with van der Waals surface area (Å²) < 4.78 is 12.8. The highest BCUT2D eigenvalue weighted by atomic mass is 16.6. The summed E-state index contributed by atoms with van der Waals surface area (Å²) in [5.41, 5.74) is 0.925. The number of likely N-dealkylation sites (tertiary alicyclic amines) is 1. The number of hydrogen-bond acceptors (Lipinski definition) is 5. The number of fused-ring (bicyclic) bond motifs is 1. The van der Waals surface area contributed by atoms with Gasteiger partial charge >= 0.3 is 6.09 Å². The number of rotatable bonds is 8. The van der Waals surface area contributed by atoms with Crippen LogP contribution in [0.5, 0.6) is 0 Å². The molecule has 0 saturated carbocycles. The van der Waals surface area contributed by atoms with E-state index >= 15 is 0 Å². The predicted octanol–water partition coefficient (Wildman–Crippen LogP) is 4.71. The summed E-state index contributed by atoms with van der Waals surface area (Å²) in [6, 6.07) is 5.76. The zero-order chi connectivity index (χ0) is 24.9. The Morgan fingerprint density at radius 1 is 1.26 bits per heavy atom. The van der Waals surface area contributed by atoms with Crippen LogP contribution in [0.4, 0.5) is 4.79 Å². The number of unbranched alkanes of at least 4 members (excludes halogenated alkanes) is 1. The minimum Gasteiger partial charge on any atom is -0.444 e. The van der Waals surface area contributed by atoms with Crippen molar-refractivity contribution in [2.24, 2.45) is 0 Å². The number of hydrogen-bond donors (Lipinski definition) is 0. The van der Waals surface area contributed by atoms with Crippen molar-refractivity contribution in [2.75, 3.05) is 26.8 Å². The smallest absolute Gasteiger partial charge is 0.410 e. The topological polar surface area (TPSA) is 76.9 Å². The molecule has 8 heteroatoms. The van der Waals surface area contributed by atoms with Gasteiger partial charge in [-0.25, -0.2) is 9.78 Å². The monoisotopic (exact) mass is 472 g/mol. The van der Waals surface area contributed by atoms with Crippen LogP contribution in [0.25, 0.3) is 11.0 Å². The number of piperidine rings is 1. The molecule has 0 spiro atoms. The lowest BCUT2D eigenvalue weighted by Gasteiger charge is -2.41. The lowest BCUT2D eigenvalue weighted by Crippen LogP contribution is -2.54. The number of carbonyl (C=O) groups excluding carboxylic acids is 2. The number of aromatic nitrogens is 2. The Kier molecular flexibility index (Phi) is 8.57. The van der Waals surface area contributed by atoms with E-state index in [1.165, 1.54) is 0 Å². The van der Waals surface area contributed by atoms with E-state index in [4.69, 9.17) is 9.47 Å². The van der Waals surface area contributed by atoms with Crippen LogP contribution in [0.2, 0.25) is 0 Å². The molecule has 8 nitrogen and oxygen atoms in total. The molecule has 2 aromatic heterocycles. The van der Waals surface area contributed by atoms with Gasteiger partial charge in [-0.05, 0) is 78.5 Å². The summed E-state index contributed by atoms with van der Waals surface area (Å²) in [7, 11) is 1.70. The van der Waals surface area contributed by atoms with E-state index in [9.17, 15) is 9.59 Å². The number of pyridine rings is 1. The van der Waals surface area contributed by atoms with Gasteiger partial charge in [0, 0.05) is 51.0 Å². The quantitative estimate of drug-likeness (QED) is 0.520. The second-order valence-corrected chi connectivity index (χ2v) is 10.3. The number of aryl methyl sites for hydroxylation is 1. The third kappa shape index (κ3) is 6.29. The molecule has 3 rings (SSSR count). The van der Waals surface area contributed by atoms with Crippen molar-refractivity contribution in [1.82, 2.24) is 19.4 Å². The van der Waals surface area contributed by atoms with Gasteiger partial charge in [-0.15, -0.1) is 0 Å². The third-order valence-electron chi connectivity index (χ3n) is 6.09. The minimum absolute atomic E-state index is 0.0102. The Bertz CT molecular complexity index is 979. The summed E-state index contributed by atoms with van der Waals surface area (Å²) in [5, 5.41) is 0.959. The van der Waals surface area contributed by atoms with Crippen LogP contribution in [0, 0.1) is 0 Å². The zero-order valence-corrected chi connectivity index (χ0v) is 21.5. The van der Waals surface area contributed by atoms with Crippen LogP contribution in [-0.2, 0) is 16.0 Å². The first-order valence-electron chi connectivity index (χ1n) is 12.4. The SMILES string of the molecule is COCCCCn1c(C(=O)N(C(C)C)[C@@H]2CCCN(C(=O)OC(C)(C)C)C2)cc2cccnc21. The van der Waals surface area contributed by atoms with E-state index < -0.39 is 5.60 Å². The molecule has 34 heavy (non-hydrogen) atoms. The molecular weight excluding hydrogens is 432 g/mol. The van der Waals surface area contributed by atoms with Crippen LogP contribution in [0.15, 0.2) is 24.4 Å². The van der Waals surface area contributed by atoms with Crippen molar-refractivity contribution in [3.05, 3.63) is 30.1 Å². The van der Waals surface area contributed by atoms with Crippen molar-refractivity contribution < 1.29 is 19.1 Å². The van der Waals surface area contributed by atoms with Crippen LogP contribution in [-0.4, -0.2) is 75.8 Å². The van der Waals surface area contributed by atoms with Crippen LogP contribution in [0.3, 0.4) is 0 Å². The second kappa shape index (κ2) is 11.2. The highest BCUT2D eigenvalue weighted by Crippen LogP contribution is 2.26. The van der Waals surface area contributed by atoms with Crippen molar-refractivity contribution in [2.45, 2.75) is 84.5 Å². The number of nitrogens with zero attached hydrogens (tertiary/aromatic N) is 4. The second-order valence-electron chi connectivity index (χ2n) is 10.3. The summed E-state index contributed by atoms with van der Waals surface area (Å²) in [6.07, 6.45) is 4.95. The summed E-state index contributed by atoms with van der Waals surface area (Å²) >= 11 is 0. The van der Waals surface area contributed by atoms with Crippen molar-refractivity contribution in [3.63, 3.8) is 0 Å². The Balaban J connectivity index is 1.86. The molecule has 0 bridgehead atoms. The van der Waals surface area contributed by atoms with E-state index in [0.29, 0.717) is 31.9 Å². The maximum absolute atomic E-state index is 14.0. The molecule has 0 aromatic carbocycles. The fraction of sp³-hybridized carbons (Fsp3) is 0.654. The molecule has 1 fully saturated rings. The van der Waals surface area contributed by atoms with Crippen molar-refractivity contribution in [3.8, 4) is 0 Å². The Morgan fingerprint density at radius 3 is 2.71 bits per heavy atom. The van der Waals surface area contributed by atoms with Crippen LogP contribution < -0.4 is 0 Å². The van der Waals surface area contributed by atoms with Gasteiger partial charge in [0.05, 0.1) is 6.04 Å². The van der Waals surface area contributed by atoms with E-state index in [0.717, 1.165) is 36.7 Å². The van der Waals surface area contributed by atoms with Crippen molar-refractivity contribution >= 4 is 23.0 Å². The van der Waals surface area contributed by atoms with E-state index in [1.54, 1.807) is 18.2 Å². The summed E-state index contributed by atoms with van der Waals surface area (Å²) in [5.74, 6) is -0.0178. The average molecular weight is 473 g/mol. The molecule has 0 unspecified atom stereocenters. The third-order valence-corrected chi connectivity index (χ3v) is 6.09. The molecular formula is C26H40N4O4. The standard InChI is InChI=1S/C26H40N4O4/c1-19(2)30(21-12-10-14-28(18-21)25(32)34-26(3,4)5)24(31)22-17-20-11-9-13-27-23(20)29(22)15-7-8-16-33-6/h9,11,13,17,19,21H,7-8,10,12,14-16,18H2,1-6H3/t21-/m1/s1. The number of methoxy groups -OCH3 is 1. The van der Waals surface area contributed by atoms with Gasteiger partial charge in [-0.1, -0.05) is 0 Å². The molecule has 188 valence electrons. The fourth-order valence-electron chi connectivity index (χ4n) is 4.64. The normalized spacial score (nSPS) is 16.8. The molecule has 0 radical (unpaired) electrons. The van der Waals surface area contributed by atoms with Crippen LogP contribution >= 0.6 is 0 Å². The fourth-order valence-corrected chi connectivity index (χ4v) is 4.64. The molecule has 1 aliphatic rings. The van der Waals surface area contributed by atoms with Gasteiger partial charge in [0.25, 0.3) is 5.91 Å². The van der Waals surface area contributed by atoms with Gasteiger partial charge in [0.15, 0.2) is 0 Å². The number of carbonyl (C=O) groups is 2. The molecule has 2 amide bonds. The Labute approximate surface area is 203 Å². The lowest BCUT2D eigenvalue weighted by molar-refractivity contribution is 0.00733. The summed E-state index contributed by atoms with van der Waals surface area (Å²) in [4.78, 5) is 34.9. The summed E-state index contributed by atoms with van der Waals surface area (Å²) in [6.45, 7) is 12.2. The van der Waals surface area contributed by atoms with Crippen molar-refractivity contribution in [1.29, 1.82) is 0 Å². The highest BCUT2D eigenvalue weighted by molar-refractivity contribution is 5.98. The largest absolute Gasteiger partial charge is 0.444 e. The van der Waals surface area contributed by atoms with E-state index in [2.05, 4.69) is 4.98 Å². The van der Waals surface area contributed by atoms with Gasteiger partial charge in [0.2, 0.25) is 0 Å². The number of ether oxygens (including phenoxy) is 2. The first kappa shape index (κ1) is 26.0. The lowest BCUT2D eigenvalue weighted by atomic mass is 10.0. The van der Waals surface area contributed by atoms with E-state index in [1.807, 2.05) is 62.3 Å². The maximum atomic E-state index is 14.0. The van der Waals surface area contributed by atoms with Gasteiger partial charge < -0.3 is 23.8 Å². The number of amides is 2. The molecule has 1 saturated heterocycles. The molecule has 1 atom stereocenters. The van der Waals surface area contributed by atoms with Gasteiger partial charge in [0.1, 0.15) is 16.9 Å². The Hall–Kier alpha value is -2.61. The molecule has 3 heterocycles. The van der Waals surface area contributed by atoms with Crippen LogP contribution in [0.1, 0.15) is 70.8 Å². The van der Waals surface area contributed by atoms with E-state index in [-0.39, 0.29) is 24.1 Å². The van der Waals surface area contributed by atoms with Gasteiger partial charge in [-0.2, -0.15) is 0 Å². The minimum atomic E-state index is -0.547. The maximum Gasteiger partial charge on any atom is 0.410 e. The predicted molar refractivity (Wildman–Crippen MR) is 133 cm³/mol. The first-order chi connectivity index (χ1) is 16.1. The highest BCUT2D eigenvalue weighted by Gasteiger charge is 2.35. The molecule has 0 aliphatic carbocycles. The Morgan fingerprint density at radius 2 is 2.03 bits per heavy atom. The zero-order valence-electron chi connectivity index (χ0n) is 21.5. The molecule has 1 aliphatic heterocycles. The van der Waals surface area contributed by atoms with Gasteiger partial charge in [-0.3, -0.25) is 4.79 Å². The molecule has 2 aromatic rings.